The summed E-state index contributed by atoms with van der Waals surface area (Å²) in [6.07, 6.45) is 2.65. The SMILES string of the molecule is NCC1(C(O)c2ccc3c(c2)OCO3)CCC1. The van der Waals surface area contributed by atoms with Crippen LogP contribution in [0.4, 0.5) is 0 Å². The lowest BCUT2D eigenvalue weighted by Gasteiger charge is -2.44. The van der Waals surface area contributed by atoms with E-state index in [9.17, 15) is 5.11 Å². The number of ether oxygens (including phenoxy) is 2. The summed E-state index contributed by atoms with van der Waals surface area (Å²) >= 11 is 0. The lowest BCUT2D eigenvalue weighted by molar-refractivity contribution is -0.0297. The van der Waals surface area contributed by atoms with Crippen molar-refractivity contribution < 1.29 is 14.6 Å². The van der Waals surface area contributed by atoms with Crippen LogP contribution in [0, 0.1) is 5.41 Å². The first-order valence-corrected chi connectivity index (χ1v) is 6.03. The van der Waals surface area contributed by atoms with Crippen molar-refractivity contribution in [3.8, 4) is 11.5 Å². The molecule has 1 aliphatic carbocycles. The van der Waals surface area contributed by atoms with Gasteiger partial charge in [-0.05, 0) is 30.5 Å². The molecule has 0 amide bonds. The van der Waals surface area contributed by atoms with Crippen LogP contribution in [0.3, 0.4) is 0 Å². The molecule has 3 rings (SSSR count). The van der Waals surface area contributed by atoms with Crippen LogP contribution in [0.25, 0.3) is 0 Å². The van der Waals surface area contributed by atoms with Crippen molar-refractivity contribution in [2.75, 3.05) is 13.3 Å². The van der Waals surface area contributed by atoms with E-state index in [1.54, 1.807) is 0 Å². The number of hydrogen-bond acceptors (Lipinski definition) is 4. The normalized spacial score (nSPS) is 22.0. The number of rotatable bonds is 3. The highest BCUT2D eigenvalue weighted by Gasteiger charge is 2.43. The third-order valence-corrected chi connectivity index (χ3v) is 4.05. The molecule has 1 heterocycles. The molecule has 3 N–H and O–H groups in total. The van der Waals surface area contributed by atoms with Gasteiger partial charge in [-0.1, -0.05) is 12.5 Å². The molecule has 4 nitrogen and oxygen atoms in total. The maximum atomic E-state index is 10.4. The summed E-state index contributed by atoms with van der Waals surface area (Å²) in [5.74, 6) is 1.46. The Kier molecular flexibility index (Phi) is 2.49. The molecule has 0 radical (unpaired) electrons. The van der Waals surface area contributed by atoms with Crippen LogP contribution in [0.2, 0.25) is 0 Å². The fraction of sp³-hybridized carbons (Fsp3) is 0.538. The molecule has 2 aliphatic rings. The van der Waals surface area contributed by atoms with Gasteiger partial charge in [0.05, 0.1) is 6.10 Å². The molecule has 4 heteroatoms. The Morgan fingerprint density at radius 2 is 2.06 bits per heavy atom. The average molecular weight is 235 g/mol. The van der Waals surface area contributed by atoms with Gasteiger partial charge in [0.1, 0.15) is 0 Å². The van der Waals surface area contributed by atoms with Crippen LogP contribution in [0.1, 0.15) is 30.9 Å². The molecular weight excluding hydrogens is 218 g/mol. The minimum absolute atomic E-state index is 0.131. The van der Waals surface area contributed by atoms with Crippen LogP contribution >= 0.6 is 0 Å². The second-order valence-corrected chi connectivity index (χ2v) is 4.94. The first-order chi connectivity index (χ1) is 8.25. The predicted molar refractivity (Wildman–Crippen MR) is 62.9 cm³/mol. The van der Waals surface area contributed by atoms with Gasteiger partial charge in [0, 0.05) is 12.0 Å². The highest BCUT2D eigenvalue weighted by Crippen LogP contribution is 2.50. The Balaban J connectivity index is 1.88. The molecule has 0 bridgehead atoms. The molecule has 1 atom stereocenters. The maximum Gasteiger partial charge on any atom is 0.231 e. The van der Waals surface area contributed by atoms with E-state index in [0.717, 1.165) is 30.6 Å². The standard InChI is InChI=1S/C13H17NO3/c14-7-13(4-1-5-13)12(15)9-2-3-10-11(6-9)17-8-16-10/h2-3,6,12,15H,1,4-5,7-8,14H2. The van der Waals surface area contributed by atoms with Crippen molar-refractivity contribution in [2.45, 2.75) is 25.4 Å². The maximum absolute atomic E-state index is 10.4. The van der Waals surface area contributed by atoms with E-state index in [0.29, 0.717) is 12.3 Å². The Bertz CT molecular complexity index is 423. The Morgan fingerprint density at radius 3 is 2.71 bits per heavy atom. The van der Waals surface area contributed by atoms with Crippen molar-refractivity contribution in [1.29, 1.82) is 0 Å². The van der Waals surface area contributed by atoms with Gasteiger partial charge >= 0.3 is 0 Å². The molecule has 1 fully saturated rings. The summed E-state index contributed by atoms with van der Waals surface area (Å²) in [5.41, 5.74) is 6.55. The van der Waals surface area contributed by atoms with Crippen LogP contribution in [0.15, 0.2) is 18.2 Å². The van der Waals surface area contributed by atoms with Gasteiger partial charge in [0.2, 0.25) is 6.79 Å². The van der Waals surface area contributed by atoms with E-state index in [4.69, 9.17) is 15.2 Å². The Labute approximate surface area is 100 Å². The largest absolute Gasteiger partial charge is 0.454 e. The van der Waals surface area contributed by atoms with Crippen molar-refractivity contribution in [2.24, 2.45) is 11.1 Å². The summed E-state index contributed by atoms with van der Waals surface area (Å²) in [7, 11) is 0. The van der Waals surface area contributed by atoms with Crippen LogP contribution < -0.4 is 15.2 Å². The summed E-state index contributed by atoms with van der Waals surface area (Å²) in [4.78, 5) is 0. The molecule has 1 unspecified atom stereocenters. The molecule has 0 spiro atoms. The topological polar surface area (TPSA) is 64.7 Å². The molecule has 17 heavy (non-hydrogen) atoms. The molecule has 1 aromatic rings. The number of fused-ring (bicyclic) bond motifs is 1. The number of benzene rings is 1. The lowest BCUT2D eigenvalue weighted by atomic mass is 9.63. The zero-order chi connectivity index (χ0) is 11.9. The second kappa shape index (κ2) is 3.89. The van der Waals surface area contributed by atoms with Gasteiger partial charge in [-0.25, -0.2) is 0 Å². The smallest absolute Gasteiger partial charge is 0.231 e. The summed E-state index contributed by atoms with van der Waals surface area (Å²) < 4.78 is 10.6. The fourth-order valence-electron chi connectivity index (χ4n) is 2.66. The van der Waals surface area contributed by atoms with E-state index < -0.39 is 6.10 Å². The number of hydrogen-bond donors (Lipinski definition) is 2. The Hall–Kier alpha value is -1.26. The molecule has 0 saturated heterocycles. The molecule has 1 saturated carbocycles. The first kappa shape index (κ1) is 10.9. The fourth-order valence-corrected chi connectivity index (χ4v) is 2.66. The number of nitrogens with two attached hydrogens (primary N) is 1. The zero-order valence-corrected chi connectivity index (χ0v) is 9.69. The van der Waals surface area contributed by atoms with Gasteiger partial charge in [0.15, 0.2) is 11.5 Å². The van der Waals surface area contributed by atoms with Crippen LogP contribution in [0.5, 0.6) is 11.5 Å². The predicted octanol–water partition coefficient (Wildman–Crippen LogP) is 1.58. The van der Waals surface area contributed by atoms with Crippen LogP contribution in [-0.2, 0) is 0 Å². The molecule has 0 aromatic heterocycles. The average Bonchev–Trinajstić information content (AvgIpc) is 2.74. The summed E-state index contributed by atoms with van der Waals surface area (Å²) in [6.45, 7) is 0.791. The molecular formula is C13H17NO3. The zero-order valence-electron chi connectivity index (χ0n) is 9.69. The summed E-state index contributed by atoms with van der Waals surface area (Å²) in [6, 6.07) is 5.61. The lowest BCUT2D eigenvalue weighted by Crippen LogP contribution is -2.42. The van der Waals surface area contributed by atoms with Crippen LogP contribution in [-0.4, -0.2) is 18.4 Å². The van der Waals surface area contributed by atoms with Gasteiger partial charge in [0.25, 0.3) is 0 Å². The van der Waals surface area contributed by atoms with Crippen molar-refractivity contribution in [3.05, 3.63) is 23.8 Å². The van der Waals surface area contributed by atoms with Crippen molar-refractivity contribution in [3.63, 3.8) is 0 Å². The third kappa shape index (κ3) is 1.59. The van der Waals surface area contributed by atoms with E-state index in [1.165, 1.54) is 0 Å². The highest BCUT2D eigenvalue weighted by molar-refractivity contribution is 5.45. The van der Waals surface area contributed by atoms with E-state index in [-0.39, 0.29) is 12.2 Å². The second-order valence-electron chi connectivity index (χ2n) is 4.94. The van der Waals surface area contributed by atoms with E-state index >= 15 is 0 Å². The quantitative estimate of drug-likeness (QED) is 0.834. The highest BCUT2D eigenvalue weighted by atomic mass is 16.7. The van der Waals surface area contributed by atoms with Crippen molar-refractivity contribution >= 4 is 0 Å². The summed E-state index contributed by atoms with van der Waals surface area (Å²) in [5, 5.41) is 10.4. The van der Waals surface area contributed by atoms with Crippen molar-refractivity contribution in [1.82, 2.24) is 0 Å². The number of aliphatic hydroxyl groups excluding tert-OH is 1. The third-order valence-electron chi connectivity index (χ3n) is 4.05. The first-order valence-electron chi connectivity index (χ1n) is 6.03. The monoisotopic (exact) mass is 235 g/mol. The van der Waals surface area contributed by atoms with E-state index in [2.05, 4.69) is 0 Å². The molecule has 1 aromatic carbocycles. The minimum atomic E-state index is -0.504. The van der Waals surface area contributed by atoms with Gasteiger partial charge in [-0.15, -0.1) is 0 Å². The molecule has 1 aliphatic heterocycles. The van der Waals surface area contributed by atoms with Gasteiger partial charge < -0.3 is 20.3 Å². The van der Waals surface area contributed by atoms with Gasteiger partial charge in [-0.3, -0.25) is 0 Å². The molecule has 92 valence electrons. The van der Waals surface area contributed by atoms with Gasteiger partial charge in [-0.2, -0.15) is 0 Å². The van der Waals surface area contributed by atoms with E-state index in [1.807, 2.05) is 18.2 Å². The Morgan fingerprint density at radius 1 is 1.29 bits per heavy atom. The number of aliphatic hydroxyl groups is 1. The minimum Gasteiger partial charge on any atom is -0.454 e.